The van der Waals surface area contributed by atoms with Crippen molar-refractivity contribution in [3.05, 3.63) is 0 Å². The smallest absolute Gasteiger partial charge is 0.308 e. The first kappa shape index (κ1) is 29.5. The molecule has 30 heavy (non-hydrogen) atoms. The summed E-state index contributed by atoms with van der Waals surface area (Å²) in [7, 11) is 0. The molecule has 0 aliphatic heterocycles. The Kier molecular flexibility index (Phi) is 24.3. The van der Waals surface area contributed by atoms with Gasteiger partial charge in [-0.15, -0.1) is 0 Å². The zero-order valence-corrected chi connectivity index (χ0v) is 21.2. The molecule has 0 aliphatic rings. The zero-order valence-electron chi connectivity index (χ0n) is 21.2. The fraction of sp³-hybridized carbons (Fsp3) is 0.964. The van der Waals surface area contributed by atoms with Gasteiger partial charge in [-0.05, 0) is 19.3 Å². The van der Waals surface area contributed by atoms with E-state index < -0.39 is 0 Å². The van der Waals surface area contributed by atoms with Gasteiger partial charge in [-0.3, -0.25) is 4.79 Å². The fourth-order valence-electron chi connectivity index (χ4n) is 4.24. The summed E-state index contributed by atoms with van der Waals surface area (Å²) in [4.78, 5) is 12.5. The molecule has 0 heterocycles. The third-order valence-corrected chi connectivity index (χ3v) is 6.39. The SMILES string of the molecule is CCCCCCCCCCCCCCC(CCCC)C(=O)OCCCCCCCC. The van der Waals surface area contributed by atoms with Crippen LogP contribution in [-0.4, -0.2) is 12.6 Å². The van der Waals surface area contributed by atoms with Crippen molar-refractivity contribution < 1.29 is 9.53 Å². The second kappa shape index (κ2) is 24.7. The molecule has 2 heteroatoms. The van der Waals surface area contributed by atoms with Crippen molar-refractivity contribution in [2.24, 2.45) is 5.92 Å². The molecular formula is C28H56O2. The quantitative estimate of drug-likeness (QED) is 0.114. The molecule has 0 fully saturated rings. The van der Waals surface area contributed by atoms with Crippen molar-refractivity contribution in [1.82, 2.24) is 0 Å². The Balaban J connectivity index is 3.69. The van der Waals surface area contributed by atoms with Crippen LogP contribution in [0.3, 0.4) is 0 Å². The third kappa shape index (κ3) is 20.7. The maximum Gasteiger partial charge on any atom is 0.308 e. The van der Waals surface area contributed by atoms with E-state index in [0.717, 1.165) is 25.7 Å². The van der Waals surface area contributed by atoms with E-state index in [1.165, 1.54) is 116 Å². The van der Waals surface area contributed by atoms with Gasteiger partial charge in [0.05, 0.1) is 12.5 Å². The van der Waals surface area contributed by atoms with Crippen LogP contribution in [0.1, 0.15) is 162 Å². The molecule has 1 atom stereocenters. The Morgan fingerprint density at radius 2 is 0.867 bits per heavy atom. The monoisotopic (exact) mass is 424 g/mol. The molecular weight excluding hydrogens is 368 g/mol. The van der Waals surface area contributed by atoms with E-state index in [9.17, 15) is 4.79 Å². The third-order valence-electron chi connectivity index (χ3n) is 6.39. The van der Waals surface area contributed by atoms with Crippen molar-refractivity contribution in [2.45, 2.75) is 162 Å². The Morgan fingerprint density at radius 3 is 1.33 bits per heavy atom. The number of carbonyl (C=O) groups excluding carboxylic acids is 1. The summed E-state index contributed by atoms with van der Waals surface area (Å²) in [6.07, 6.45) is 28.3. The molecule has 0 saturated carbocycles. The van der Waals surface area contributed by atoms with Crippen molar-refractivity contribution in [2.75, 3.05) is 6.61 Å². The lowest BCUT2D eigenvalue weighted by molar-refractivity contribution is -0.149. The molecule has 1 unspecified atom stereocenters. The first-order valence-electron chi connectivity index (χ1n) is 13.9. The number of unbranched alkanes of at least 4 members (excludes halogenated alkanes) is 17. The second-order valence-electron chi connectivity index (χ2n) is 9.45. The number of ether oxygens (including phenoxy) is 1. The van der Waals surface area contributed by atoms with Crippen molar-refractivity contribution in [3.8, 4) is 0 Å². The molecule has 0 saturated heterocycles. The van der Waals surface area contributed by atoms with Crippen LogP contribution in [0, 0.1) is 5.92 Å². The maximum absolute atomic E-state index is 12.5. The molecule has 180 valence electrons. The lowest BCUT2D eigenvalue weighted by atomic mass is 9.95. The van der Waals surface area contributed by atoms with Crippen molar-refractivity contribution >= 4 is 5.97 Å². The summed E-state index contributed by atoms with van der Waals surface area (Å²) in [6, 6.07) is 0. The number of hydrogen-bond donors (Lipinski definition) is 0. The van der Waals surface area contributed by atoms with Crippen LogP contribution in [0.25, 0.3) is 0 Å². The molecule has 0 rings (SSSR count). The van der Waals surface area contributed by atoms with Crippen LogP contribution in [0.15, 0.2) is 0 Å². The minimum atomic E-state index is 0.0834. The second-order valence-corrected chi connectivity index (χ2v) is 9.45. The number of rotatable bonds is 24. The minimum Gasteiger partial charge on any atom is -0.465 e. The number of hydrogen-bond acceptors (Lipinski definition) is 2. The Hall–Kier alpha value is -0.530. The highest BCUT2D eigenvalue weighted by Gasteiger charge is 2.18. The Bertz CT molecular complexity index is 340. The molecule has 0 N–H and O–H groups in total. The van der Waals surface area contributed by atoms with Crippen LogP contribution >= 0.6 is 0 Å². The van der Waals surface area contributed by atoms with Crippen molar-refractivity contribution in [3.63, 3.8) is 0 Å². The maximum atomic E-state index is 12.5. The van der Waals surface area contributed by atoms with E-state index in [1.54, 1.807) is 0 Å². The molecule has 0 aromatic carbocycles. The van der Waals surface area contributed by atoms with Crippen LogP contribution in [0.2, 0.25) is 0 Å². The standard InChI is InChI=1S/C28H56O2/c1-4-7-10-12-14-15-16-17-18-19-20-22-25-27(24-9-6-3)28(29)30-26-23-21-13-11-8-5-2/h27H,4-26H2,1-3H3. The Labute approximate surface area is 190 Å². The average Bonchev–Trinajstić information content (AvgIpc) is 2.75. The van der Waals surface area contributed by atoms with Gasteiger partial charge in [-0.1, -0.05) is 143 Å². The van der Waals surface area contributed by atoms with Gasteiger partial charge in [-0.2, -0.15) is 0 Å². The highest BCUT2D eigenvalue weighted by molar-refractivity contribution is 5.72. The Morgan fingerprint density at radius 1 is 0.500 bits per heavy atom. The van der Waals surface area contributed by atoms with Crippen LogP contribution in [0.5, 0.6) is 0 Å². The first-order chi connectivity index (χ1) is 14.8. The van der Waals surface area contributed by atoms with Gasteiger partial charge in [-0.25, -0.2) is 0 Å². The zero-order chi connectivity index (χ0) is 22.1. The summed E-state index contributed by atoms with van der Waals surface area (Å²) in [5.74, 6) is 0.230. The summed E-state index contributed by atoms with van der Waals surface area (Å²) >= 11 is 0. The van der Waals surface area contributed by atoms with E-state index >= 15 is 0 Å². The van der Waals surface area contributed by atoms with Crippen LogP contribution < -0.4 is 0 Å². The lowest BCUT2D eigenvalue weighted by Crippen LogP contribution is -2.18. The lowest BCUT2D eigenvalue weighted by Gasteiger charge is -2.16. The summed E-state index contributed by atoms with van der Waals surface area (Å²) in [5, 5.41) is 0. The van der Waals surface area contributed by atoms with Crippen molar-refractivity contribution in [1.29, 1.82) is 0 Å². The minimum absolute atomic E-state index is 0.0834. The predicted molar refractivity (Wildman–Crippen MR) is 133 cm³/mol. The highest BCUT2D eigenvalue weighted by atomic mass is 16.5. The molecule has 0 radical (unpaired) electrons. The number of esters is 1. The van der Waals surface area contributed by atoms with E-state index in [-0.39, 0.29) is 11.9 Å². The average molecular weight is 425 g/mol. The largest absolute Gasteiger partial charge is 0.465 e. The predicted octanol–water partition coefficient (Wildman–Crippen LogP) is 9.79. The van der Waals surface area contributed by atoms with Crippen LogP contribution in [0.4, 0.5) is 0 Å². The topological polar surface area (TPSA) is 26.3 Å². The van der Waals surface area contributed by atoms with Crippen LogP contribution in [-0.2, 0) is 9.53 Å². The highest BCUT2D eigenvalue weighted by Crippen LogP contribution is 2.20. The summed E-state index contributed by atoms with van der Waals surface area (Å²) in [5.41, 5.74) is 0. The molecule has 0 bridgehead atoms. The van der Waals surface area contributed by atoms with Gasteiger partial charge in [0.1, 0.15) is 0 Å². The van der Waals surface area contributed by atoms with E-state index in [1.807, 2.05) is 0 Å². The van der Waals surface area contributed by atoms with E-state index in [0.29, 0.717) is 6.61 Å². The van der Waals surface area contributed by atoms with E-state index in [2.05, 4.69) is 20.8 Å². The van der Waals surface area contributed by atoms with Gasteiger partial charge in [0.25, 0.3) is 0 Å². The van der Waals surface area contributed by atoms with Gasteiger partial charge in [0, 0.05) is 0 Å². The molecule has 0 spiro atoms. The fourth-order valence-corrected chi connectivity index (χ4v) is 4.24. The first-order valence-corrected chi connectivity index (χ1v) is 13.9. The molecule has 0 amide bonds. The van der Waals surface area contributed by atoms with E-state index in [4.69, 9.17) is 4.74 Å². The van der Waals surface area contributed by atoms with Gasteiger partial charge in [0.2, 0.25) is 0 Å². The molecule has 2 nitrogen and oxygen atoms in total. The van der Waals surface area contributed by atoms with Gasteiger partial charge in [0.15, 0.2) is 0 Å². The summed E-state index contributed by atoms with van der Waals surface area (Å²) in [6.45, 7) is 7.37. The summed E-state index contributed by atoms with van der Waals surface area (Å²) < 4.78 is 5.63. The normalized spacial score (nSPS) is 12.2. The number of carbonyl (C=O) groups is 1. The molecule has 0 aliphatic carbocycles. The van der Waals surface area contributed by atoms with Gasteiger partial charge < -0.3 is 4.74 Å². The molecule has 0 aromatic heterocycles. The molecule has 0 aromatic rings. The van der Waals surface area contributed by atoms with Gasteiger partial charge >= 0.3 is 5.97 Å².